The van der Waals surface area contributed by atoms with Gasteiger partial charge in [-0.25, -0.2) is 5.43 Å². The minimum Gasteiger partial charge on any atom is -0.448 e. The Bertz CT molecular complexity index is 858. The molecule has 3 rings (SSSR count). The third-order valence-corrected chi connectivity index (χ3v) is 3.60. The number of fused-ring (bicyclic) bond motifs is 1. The number of carbonyl (C=O) groups excluding carboxylic acids is 1. The molecule has 0 unspecified atom stereocenters. The van der Waals surface area contributed by atoms with E-state index in [9.17, 15) is 4.79 Å². The highest BCUT2D eigenvalue weighted by atomic mass is 79.9. The van der Waals surface area contributed by atoms with E-state index in [1.165, 1.54) is 6.21 Å². The van der Waals surface area contributed by atoms with Crippen LogP contribution in [0.4, 0.5) is 5.69 Å². The first-order valence-corrected chi connectivity index (χ1v) is 7.80. The Labute approximate surface area is 141 Å². The van der Waals surface area contributed by atoms with Gasteiger partial charge in [-0.2, -0.15) is 5.10 Å². The Kier molecular flexibility index (Phi) is 4.73. The summed E-state index contributed by atoms with van der Waals surface area (Å²) in [6.07, 6.45) is 1.44. The lowest BCUT2D eigenvalue weighted by atomic mass is 10.1. The first-order valence-electron chi connectivity index (χ1n) is 7.01. The number of carbonyl (C=O) groups is 1. The van der Waals surface area contributed by atoms with Crippen molar-refractivity contribution < 1.29 is 9.21 Å². The summed E-state index contributed by atoms with van der Waals surface area (Å²) in [5, 5.41) is 9.20. The summed E-state index contributed by atoms with van der Waals surface area (Å²) in [5.74, 6) is 0.319. The van der Waals surface area contributed by atoms with Crippen LogP contribution in [0.5, 0.6) is 0 Å². The number of benzene rings is 2. The molecule has 2 N–H and O–H groups in total. The van der Waals surface area contributed by atoms with E-state index >= 15 is 0 Å². The van der Waals surface area contributed by atoms with Gasteiger partial charge in [-0.15, -0.1) is 0 Å². The lowest BCUT2D eigenvalue weighted by Crippen LogP contribution is -2.25. The van der Waals surface area contributed by atoms with Crippen molar-refractivity contribution in [2.24, 2.45) is 5.10 Å². The molecule has 0 spiro atoms. The van der Waals surface area contributed by atoms with E-state index in [4.69, 9.17) is 4.42 Å². The molecule has 116 valence electrons. The first-order chi connectivity index (χ1) is 11.2. The van der Waals surface area contributed by atoms with Gasteiger partial charge in [-0.05, 0) is 51.0 Å². The monoisotopic (exact) mass is 371 g/mol. The Morgan fingerprint density at radius 2 is 1.96 bits per heavy atom. The standard InChI is InChI=1S/C17H14BrN3O2/c18-16-8-7-15(23-16)10-20-21-17(22)11-19-14-6-5-12-3-1-2-4-13(12)9-14/h1-10,19H,11H2,(H,21,22). The van der Waals surface area contributed by atoms with Crippen LogP contribution in [-0.2, 0) is 4.79 Å². The van der Waals surface area contributed by atoms with Crippen molar-refractivity contribution in [1.82, 2.24) is 5.43 Å². The molecule has 1 aromatic heterocycles. The zero-order valence-corrected chi connectivity index (χ0v) is 13.7. The van der Waals surface area contributed by atoms with E-state index < -0.39 is 0 Å². The number of hydrogen-bond donors (Lipinski definition) is 2. The van der Waals surface area contributed by atoms with Crippen molar-refractivity contribution in [3.8, 4) is 0 Å². The minimum absolute atomic E-state index is 0.136. The van der Waals surface area contributed by atoms with Crippen LogP contribution in [0.15, 0.2) is 68.8 Å². The molecule has 1 heterocycles. The average molecular weight is 372 g/mol. The highest BCUT2D eigenvalue weighted by molar-refractivity contribution is 9.10. The van der Waals surface area contributed by atoms with Crippen LogP contribution in [0.2, 0.25) is 0 Å². The summed E-state index contributed by atoms with van der Waals surface area (Å²) in [5.41, 5.74) is 3.33. The normalized spacial score (nSPS) is 11.0. The minimum atomic E-state index is -0.236. The molecule has 0 fully saturated rings. The molecule has 0 saturated carbocycles. The van der Waals surface area contributed by atoms with Gasteiger partial charge in [0.1, 0.15) is 5.76 Å². The van der Waals surface area contributed by atoms with Crippen molar-refractivity contribution in [3.05, 3.63) is 65.0 Å². The van der Waals surface area contributed by atoms with E-state index in [1.807, 2.05) is 42.5 Å². The maximum atomic E-state index is 11.7. The van der Waals surface area contributed by atoms with Gasteiger partial charge in [0.05, 0.1) is 12.8 Å². The quantitative estimate of drug-likeness (QED) is 0.530. The largest absolute Gasteiger partial charge is 0.448 e. The second-order valence-corrected chi connectivity index (χ2v) is 5.63. The molecule has 2 aromatic carbocycles. The van der Waals surface area contributed by atoms with E-state index in [0.717, 1.165) is 16.5 Å². The molecule has 0 saturated heterocycles. The number of furan rings is 1. The predicted octanol–water partition coefficient (Wildman–Crippen LogP) is 3.76. The zero-order chi connectivity index (χ0) is 16.1. The summed E-state index contributed by atoms with van der Waals surface area (Å²) in [7, 11) is 0. The molecule has 0 aliphatic heterocycles. The lowest BCUT2D eigenvalue weighted by molar-refractivity contribution is -0.119. The van der Waals surface area contributed by atoms with Gasteiger partial charge in [0.15, 0.2) is 4.67 Å². The topological polar surface area (TPSA) is 66.6 Å². The van der Waals surface area contributed by atoms with Crippen molar-refractivity contribution in [3.63, 3.8) is 0 Å². The van der Waals surface area contributed by atoms with Crippen molar-refractivity contribution in [2.45, 2.75) is 0 Å². The molecule has 1 amide bonds. The third kappa shape index (κ3) is 4.20. The van der Waals surface area contributed by atoms with Crippen LogP contribution in [0.3, 0.4) is 0 Å². The molecular weight excluding hydrogens is 358 g/mol. The van der Waals surface area contributed by atoms with Crippen molar-refractivity contribution >= 4 is 44.5 Å². The third-order valence-electron chi connectivity index (χ3n) is 3.18. The fourth-order valence-corrected chi connectivity index (χ4v) is 2.41. The molecule has 3 aromatic rings. The van der Waals surface area contributed by atoms with Gasteiger partial charge in [-0.3, -0.25) is 4.79 Å². The van der Waals surface area contributed by atoms with Crippen LogP contribution in [0, 0.1) is 0 Å². The van der Waals surface area contributed by atoms with Gasteiger partial charge in [-0.1, -0.05) is 30.3 Å². The maximum Gasteiger partial charge on any atom is 0.259 e. The van der Waals surface area contributed by atoms with Crippen molar-refractivity contribution in [1.29, 1.82) is 0 Å². The summed E-state index contributed by atoms with van der Waals surface area (Å²) < 4.78 is 5.85. The fourth-order valence-electron chi connectivity index (χ4n) is 2.09. The zero-order valence-electron chi connectivity index (χ0n) is 12.1. The SMILES string of the molecule is O=C(CNc1ccc2ccccc2c1)NN=Cc1ccc(Br)o1. The number of nitrogens with one attached hydrogen (secondary N) is 2. The van der Waals surface area contributed by atoms with Crippen LogP contribution in [0.25, 0.3) is 10.8 Å². The Morgan fingerprint density at radius 3 is 2.74 bits per heavy atom. The van der Waals surface area contributed by atoms with E-state index in [-0.39, 0.29) is 12.5 Å². The van der Waals surface area contributed by atoms with Gasteiger partial charge in [0.25, 0.3) is 5.91 Å². The molecule has 0 aliphatic carbocycles. The average Bonchev–Trinajstić information content (AvgIpc) is 2.98. The van der Waals surface area contributed by atoms with E-state index in [0.29, 0.717) is 10.4 Å². The van der Waals surface area contributed by atoms with Crippen LogP contribution in [-0.4, -0.2) is 18.7 Å². The molecule has 23 heavy (non-hydrogen) atoms. The second kappa shape index (κ2) is 7.11. The molecule has 0 aliphatic rings. The van der Waals surface area contributed by atoms with Crippen LogP contribution in [0.1, 0.15) is 5.76 Å². The maximum absolute atomic E-state index is 11.7. The van der Waals surface area contributed by atoms with Gasteiger partial charge < -0.3 is 9.73 Å². The highest BCUT2D eigenvalue weighted by Gasteiger charge is 2.01. The Morgan fingerprint density at radius 1 is 1.13 bits per heavy atom. The fraction of sp³-hybridized carbons (Fsp3) is 0.0588. The molecule has 0 bridgehead atoms. The second-order valence-electron chi connectivity index (χ2n) is 4.85. The van der Waals surface area contributed by atoms with Crippen LogP contribution >= 0.6 is 15.9 Å². The molecule has 0 atom stereocenters. The number of anilines is 1. The lowest BCUT2D eigenvalue weighted by Gasteiger charge is -2.06. The number of halogens is 1. The Balaban J connectivity index is 1.52. The van der Waals surface area contributed by atoms with Gasteiger partial charge in [0, 0.05) is 5.69 Å². The highest BCUT2D eigenvalue weighted by Crippen LogP contribution is 2.18. The number of hydrazone groups is 1. The van der Waals surface area contributed by atoms with Crippen LogP contribution < -0.4 is 10.7 Å². The number of rotatable bonds is 5. The van der Waals surface area contributed by atoms with Gasteiger partial charge in [0.2, 0.25) is 0 Å². The number of nitrogens with zero attached hydrogens (tertiary/aromatic N) is 1. The van der Waals surface area contributed by atoms with Crippen molar-refractivity contribution in [2.75, 3.05) is 11.9 Å². The molecule has 6 heteroatoms. The number of amides is 1. The first kappa shape index (κ1) is 15.3. The summed E-state index contributed by atoms with van der Waals surface area (Å²) >= 11 is 3.20. The smallest absolute Gasteiger partial charge is 0.259 e. The van der Waals surface area contributed by atoms with E-state index in [1.54, 1.807) is 12.1 Å². The summed E-state index contributed by atoms with van der Waals surface area (Å²) in [6.45, 7) is 0.136. The summed E-state index contributed by atoms with van der Waals surface area (Å²) in [6, 6.07) is 17.5. The molecular formula is C17H14BrN3O2. The molecule has 0 radical (unpaired) electrons. The Hall–Kier alpha value is -2.60. The summed E-state index contributed by atoms with van der Waals surface area (Å²) in [4.78, 5) is 11.7. The predicted molar refractivity (Wildman–Crippen MR) is 94.6 cm³/mol. The number of hydrogen-bond acceptors (Lipinski definition) is 4. The molecule has 5 nitrogen and oxygen atoms in total. The van der Waals surface area contributed by atoms with E-state index in [2.05, 4.69) is 31.8 Å². The van der Waals surface area contributed by atoms with Gasteiger partial charge >= 0.3 is 0 Å².